The number of carbonyl (C=O) groups is 2. The number of carbonyl (C=O) groups excluding carboxylic acids is 2. The third-order valence-electron chi connectivity index (χ3n) is 2.41. The molecule has 0 saturated heterocycles. The molecule has 0 aliphatic carbocycles. The Morgan fingerprint density at radius 1 is 1.35 bits per heavy atom. The minimum absolute atomic E-state index is 0.0987. The summed E-state index contributed by atoms with van der Waals surface area (Å²) in [5.41, 5.74) is 0.0975. The lowest BCUT2D eigenvalue weighted by Gasteiger charge is -2.22. The molecule has 0 aliphatic heterocycles. The number of aromatic hydroxyl groups is 1. The van der Waals surface area contributed by atoms with Crippen molar-refractivity contribution in [2.75, 3.05) is 0 Å². The topological polar surface area (TPSA) is 75.6 Å². The molecule has 0 spiro atoms. The van der Waals surface area contributed by atoms with E-state index >= 15 is 0 Å². The van der Waals surface area contributed by atoms with Gasteiger partial charge in [0.2, 0.25) is 5.91 Å². The highest BCUT2D eigenvalue weighted by Gasteiger charge is 2.22. The van der Waals surface area contributed by atoms with Gasteiger partial charge < -0.3 is 15.2 Å². The molecule has 0 radical (unpaired) electrons. The number of phenolic OH excluding ortho intramolecular Hbond substituents is 1. The summed E-state index contributed by atoms with van der Waals surface area (Å²) in [5.74, 6) is -0.661. The van der Waals surface area contributed by atoms with Crippen LogP contribution in [-0.4, -0.2) is 28.6 Å². The van der Waals surface area contributed by atoms with Crippen molar-refractivity contribution in [3.8, 4) is 5.75 Å². The number of benzene rings is 1. The number of nitrogens with one attached hydrogen (secondary N) is 1. The number of phenols is 1. The second-order valence-electron chi connectivity index (χ2n) is 5.67. The van der Waals surface area contributed by atoms with E-state index in [1.165, 1.54) is 12.1 Å². The number of hydrogen-bond acceptors (Lipinski definition) is 4. The Balaban J connectivity index is 2.52. The molecule has 0 unspecified atom stereocenters. The van der Waals surface area contributed by atoms with E-state index in [2.05, 4.69) is 5.32 Å². The summed E-state index contributed by atoms with van der Waals surface area (Å²) in [4.78, 5) is 23.5. The summed E-state index contributed by atoms with van der Waals surface area (Å²) in [5, 5.41) is 11.9. The van der Waals surface area contributed by atoms with Crippen LogP contribution in [0.5, 0.6) is 5.75 Å². The maximum absolute atomic E-state index is 11.8. The van der Waals surface area contributed by atoms with Gasteiger partial charge in [0.15, 0.2) is 0 Å². The first-order valence-electron chi connectivity index (χ1n) is 6.47. The van der Waals surface area contributed by atoms with E-state index in [-0.39, 0.29) is 18.1 Å². The minimum Gasteiger partial charge on any atom is -0.508 e. The van der Waals surface area contributed by atoms with E-state index < -0.39 is 17.6 Å². The van der Waals surface area contributed by atoms with Gasteiger partial charge in [-0.15, -0.1) is 0 Å². The van der Waals surface area contributed by atoms with Crippen LogP contribution < -0.4 is 5.32 Å². The average molecular weight is 279 g/mol. The lowest BCUT2D eigenvalue weighted by molar-refractivity contribution is -0.158. The Kier molecular flexibility index (Phi) is 5.13. The fraction of sp³-hybridized carbons (Fsp3) is 0.467. The van der Waals surface area contributed by atoms with Crippen molar-refractivity contribution in [1.29, 1.82) is 0 Å². The van der Waals surface area contributed by atoms with Gasteiger partial charge in [-0.2, -0.15) is 0 Å². The smallest absolute Gasteiger partial charge is 0.328 e. The maximum atomic E-state index is 11.8. The molecule has 1 aromatic rings. The molecule has 0 heterocycles. The van der Waals surface area contributed by atoms with Gasteiger partial charge in [-0.25, -0.2) is 4.79 Å². The summed E-state index contributed by atoms with van der Waals surface area (Å²) < 4.78 is 5.18. The number of ether oxygens (including phenoxy) is 1. The highest BCUT2D eigenvalue weighted by Crippen LogP contribution is 2.12. The van der Waals surface area contributed by atoms with Crippen LogP contribution in [-0.2, 0) is 20.7 Å². The molecule has 5 heteroatoms. The van der Waals surface area contributed by atoms with Crippen LogP contribution in [0.2, 0.25) is 0 Å². The second kappa shape index (κ2) is 6.41. The summed E-state index contributed by atoms with van der Waals surface area (Å²) in [6.07, 6.45) is 0.0987. The molecule has 0 aliphatic rings. The van der Waals surface area contributed by atoms with Crippen LogP contribution >= 0.6 is 0 Å². The van der Waals surface area contributed by atoms with Gasteiger partial charge >= 0.3 is 5.97 Å². The molecule has 0 bridgehead atoms. The third-order valence-corrected chi connectivity index (χ3v) is 2.41. The Hall–Kier alpha value is -2.04. The lowest BCUT2D eigenvalue weighted by Crippen LogP contribution is -2.42. The quantitative estimate of drug-likeness (QED) is 0.824. The summed E-state index contributed by atoms with van der Waals surface area (Å²) in [7, 11) is 0. The lowest BCUT2D eigenvalue weighted by atomic mass is 10.1. The van der Waals surface area contributed by atoms with Gasteiger partial charge in [0.1, 0.15) is 17.4 Å². The SMILES string of the molecule is C[C@@H](NC(=O)Cc1cccc(O)c1)C(=O)OC(C)(C)C. The summed E-state index contributed by atoms with van der Waals surface area (Å²) in [6.45, 7) is 6.89. The molecule has 20 heavy (non-hydrogen) atoms. The van der Waals surface area contributed by atoms with Crippen molar-refractivity contribution in [2.24, 2.45) is 0 Å². The van der Waals surface area contributed by atoms with Gasteiger partial charge in [-0.05, 0) is 45.4 Å². The molecular weight excluding hydrogens is 258 g/mol. The largest absolute Gasteiger partial charge is 0.508 e. The Labute approximate surface area is 118 Å². The Morgan fingerprint density at radius 2 is 2.00 bits per heavy atom. The average Bonchev–Trinajstić information content (AvgIpc) is 2.26. The molecule has 2 N–H and O–H groups in total. The first-order chi connectivity index (χ1) is 9.17. The fourth-order valence-electron chi connectivity index (χ4n) is 1.59. The van der Waals surface area contributed by atoms with Crippen molar-refractivity contribution in [2.45, 2.75) is 45.8 Å². The van der Waals surface area contributed by atoms with E-state index in [4.69, 9.17) is 4.74 Å². The van der Waals surface area contributed by atoms with E-state index in [1.54, 1.807) is 39.8 Å². The zero-order valence-corrected chi connectivity index (χ0v) is 12.3. The maximum Gasteiger partial charge on any atom is 0.328 e. The van der Waals surface area contributed by atoms with Crippen LogP contribution in [0.3, 0.4) is 0 Å². The number of amides is 1. The van der Waals surface area contributed by atoms with Gasteiger partial charge in [-0.3, -0.25) is 4.79 Å². The number of hydrogen-bond donors (Lipinski definition) is 2. The minimum atomic E-state index is -0.709. The number of rotatable bonds is 4. The summed E-state index contributed by atoms with van der Waals surface area (Å²) >= 11 is 0. The van der Waals surface area contributed by atoms with Gasteiger partial charge in [0.05, 0.1) is 6.42 Å². The van der Waals surface area contributed by atoms with Crippen molar-refractivity contribution in [3.63, 3.8) is 0 Å². The molecule has 1 atom stereocenters. The van der Waals surface area contributed by atoms with Crippen molar-refractivity contribution in [3.05, 3.63) is 29.8 Å². The first-order valence-corrected chi connectivity index (χ1v) is 6.47. The molecule has 1 aromatic carbocycles. The predicted octanol–water partition coefficient (Wildman–Crippen LogP) is 1.78. The van der Waals surface area contributed by atoms with Crippen LogP contribution in [0.25, 0.3) is 0 Å². The molecule has 0 fully saturated rings. The normalized spacial score (nSPS) is 12.6. The Bertz CT molecular complexity index is 491. The monoisotopic (exact) mass is 279 g/mol. The molecule has 0 aromatic heterocycles. The van der Waals surface area contributed by atoms with Crippen LogP contribution in [0.4, 0.5) is 0 Å². The molecule has 1 rings (SSSR count). The van der Waals surface area contributed by atoms with Crippen LogP contribution in [0, 0.1) is 0 Å². The molecule has 0 saturated carbocycles. The highest BCUT2D eigenvalue weighted by molar-refractivity contribution is 5.85. The molecular formula is C15H21NO4. The van der Waals surface area contributed by atoms with E-state index in [0.717, 1.165) is 0 Å². The first kappa shape index (κ1) is 16.0. The van der Waals surface area contributed by atoms with Crippen molar-refractivity contribution < 1.29 is 19.4 Å². The van der Waals surface area contributed by atoms with Crippen LogP contribution in [0.1, 0.15) is 33.3 Å². The van der Waals surface area contributed by atoms with Gasteiger partial charge in [-0.1, -0.05) is 12.1 Å². The molecule has 110 valence electrons. The number of esters is 1. The predicted molar refractivity (Wildman–Crippen MR) is 75.3 cm³/mol. The Morgan fingerprint density at radius 3 is 2.55 bits per heavy atom. The highest BCUT2D eigenvalue weighted by atomic mass is 16.6. The standard InChI is InChI=1S/C15H21NO4/c1-10(14(19)20-15(2,3)4)16-13(18)9-11-6-5-7-12(17)8-11/h5-8,10,17H,9H2,1-4H3,(H,16,18)/t10-/m1/s1. The van der Waals surface area contributed by atoms with Crippen molar-refractivity contribution >= 4 is 11.9 Å². The van der Waals surface area contributed by atoms with Crippen molar-refractivity contribution in [1.82, 2.24) is 5.32 Å². The van der Waals surface area contributed by atoms with Crippen LogP contribution in [0.15, 0.2) is 24.3 Å². The third kappa shape index (κ3) is 5.73. The van der Waals surface area contributed by atoms with E-state index in [1.807, 2.05) is 0 Å². The van der Waals surface area contributed by atoms with E-state index in [9.17, 15) is 14.7 Å². The molecule has 1 amide bonds. The fourth-order valence-corrected chi connectivity index (χ4v) is 1.59. The zero-order chi connectivity index (χ0) is 15.3. The van der Waals surface area contributed by atoms with Gasteiger partial charge in [0.25, 0.3) is 0 Å². The second-order valence-corrected chi connectivity index (χ2v) is 5.67. The van der Waals surface area contributed by atoms with E-state index in [0.29, 0.717) is 5.56 Å². The molecule has 5 nitrogen and oxygen atoms in total. The zero-order valence-electron chi connectivity index (χ0n) is 12.3. The van der Waals surface area contributed by atoms with Gasteiger partial charge in [0, 0.05) is 0 Å². The summed E-state index contributed by atoms with van der Waals surface area (Å²) in [6, 6.07) is 5.73.